The molecule has 1 atom stereocenters. The predicted octanol–water partition coefficient (Wildman–Crippen LogP) is 4.35. The summed E-state index contributed by atoms with van der Waals surface area (Å²) in [5.41, 5.74) is 0.681. The summed E-state index contributed by atoms with van der Waals surface area (Å²) in [7, 11) is 0. The Labute approximate surface area is 173 Å². The van der Waals surface area contributed by atoms with E-state index in [4.69, 9.17) is 10.00 Å². The van der Waals surface area contributed by atoms with Crippen molar-refractivity contribution in [2.24, 2.45) is 5.92 Å². The van der Waals surface area contributed by atoms with Crippen molar-refractivity contribution in [2.75, 3.05) is 23.3 Å². The summed E-state index contributed by atoms with van der Waals surface area (Å²) in [4.78, 5) is 18.7. The largest absolute Gasteiger partial charge is 0.456 e. The maximum Gasteiger partial charge on any atom is 0.230 e. The van der Waals surface area contributed by atoms with Gasteiger partial charge in [0.2, 0.25) is 5.91 Å². The molecule has 150 valence electrons. The van der Waals surface area contributed by atoms with Crippen molar-refractivity contribution in [3.63, 3.8) is 0 Å². The lowest BCUT2D eigenvalue weighted by molar-refractivity contribution is -0.119. The number of nitriles is 1. The van der Waals surface area contributed by atoms with Crippen LogP contribution >= 0.6 is 0 Å². The molecule has 1 aliphatic heterocycles. The Morgan fingerprint density at radius 2 is 2.00 bits per heavy atom. The Kier molecular flexibility index (Phi) is 5.57. The maximum absolute atomic E-state index is 14.2. The molecule has 0 bridgehead atoms. The second kappa shape index (κ2) is 8.62. The van der Waals surface area contributed by atoms with Crippen LogP contribution in [0.25, 0.3) is 0 Å². The number of ether oxygens (including phenoxy) is 1. The number of anilines is 2. The van der Waals surface area contributed by atoms with E-state index in [2.05, 4.69) is 10.3 Å². The zero-order valence-corrected chi connectivity index (χ0v) is 16.1. The van der Waals surface area contributed by atoms with E-state index >= 15 is 0 Å². The van der Waals surface area contributed by atoms with Crippen LogP contribution < -0.4 is 15.0 Å². The van der Waals surface area contributed by atoms with Gasteiger partial charge in [0.25, 0.3) is 0 Å². The number of carbonyl (C=O) groups excluding carboxylic acids is 1. The van der Waals surface area contributed by atoms with Gasteiger partial charge >= 0.3 is 0 Å². The molecule has 1 amide bonds. The molecule has 0 radical (unpaired) electrons. The molecular formula is C23H19FN4O2. The quantitative estimate of drug-likeness (QED) is 0.686. The van der Waals surface area contributed by atoms with Crippen molar-refractivity contribution in [3.8, 4) is 17.6 Å². The number of nitrogens with zero attached hydrogens (tertiary/aromatic N) is 3. The highest BCUT2D eigenvalue weighted by atomic mass is 19.1. The van der Waals surface area contributed by atoms with Gasteiger partial charge < -0.3 is 15.0 Å². The molecule has 0 spiro atoms. The van der Waals surface area contributed by atoms with E-state index in [0.29, 0.717) is 42.5 Å². The first kappa shape index (κ1) is 19.4. The van der Waals surface area contributed by atoms with Gasteiger partial charge in [-0.1, -0.05) is 18.2 Å². The number of carbonyl (C=O) groups is 1. The van der Waals surface area contributed by atoms with Crippen LogP contribution in [0.3, 0.4) is 0 Å². The molecule has 1 fully saturated rings. The normalized spacial score (nSPS) is 15.5. The fourth-order valence-electron chi connectivity index (χ4n) is 3.39. The molecule has 7 heteroatoms. The van der Waals surface area contributed by atoms with Crippen LogP contribution in [0.15, 0.2) is 66.9 Å². The van der Waals surface area contributed by atoms with Crippen LogP contribution in [-0.2, 0) is 4.79 Å². The van der Waals surface area contributed by atoms with Gasteiger partial charge in [-0.05, 0) is 48.9 Å². The van der Waals surface area contributed by atoms with Gasteiger partial charge in [-0.2, -0.15) is 5.26 Å². The number of nitrogens with one attached hydrogen (secondary N) is 1. The van der Waals surface area contributed by atoms with E-state index in [1.165, 1.54) is 6.07 Å². The van der Waals surface area contributed by atoms with E-state index < -0.39 is 5.82 Å². The summed E-state index contributed by atoms with van der Waals surface area (Å²) in [6, 6.07) is 19.1. The fraction of sp³-hybridized carbons (Fsp3) is 0.174. The standard InChI is InChI=1S/C23H19FN4O2/c24-20-12-16(13-25)6-8-21(20)28-11-10-17(15-28)23(29)27-22-9-7-19(14-26-22)30-18-4-2-1-3-5-18/h1-9,12,14,17H,10-11,15H2,(H,26,27,29). The minimum Gasteiger partial charge on any atom is -0.456 e. The number of aromatic nitrogens is 1. The van der Waals surface area contributed by atoms with Gasteiger partial charge in [0, 0.05) is 13.1 Å². The third kappa shape index (κ3) is 4.39. The van der Waals surface area contributed by atoms with Gasteiger partial charge in [0.1, 0.15) is 23.1 Å². The predicted molar refractivity (Wildman–Crippen MR) is 111 cm³/mol. The lowest BCUT2D eigenvalue weighted by Gasteiger charge is -2.19. The Balaban J connectivity index is 1.35. The lowest BCUT2D eigenvalue weighted by atomic mass is 10.1. The third-order valence-electron chi connectivity index (χ3n) is 4.94. The Bertz CT molecular complexity index is 1080. The van der Waals surface area contributed by atoms with Gasteiger partial charge in [-0.15, -0.1) is 0 Å². The molecule has 1 aliphatic rings. The molecule has 1 aromatic heterocycles. The average molecular weight is 402 g/mol. The third-order valence-corrected chi connectivity index (χ3v) is 4.94. The molecule has 30 heavy (non-hydrogen) atoms. The zero-order valence-electron chi connectivity index (χ0n) is 16.1. The molecule has 6 nitrogen and oxygen atoms in total. The first-order valence-electron chi connectivity index (χ1n) is 9.57. The molecule has 1 unspecified atom stereocenters. The van der Waals surface area contributed by atoms with Crippen molar-refractivity contribution >= 4 is 17.4 Å². The molecule has 3 aromatic rings. The Hall–Kier alpha value is -3.92. The number of hydrogen-bond acceptors (Lipinski definition) is 5. The summed E-state index contributed by atoms with van der Waals surface area (Å²) < 4.78 is 19.9. The van der Waals surface area contributed by atoms with Crippen molar-refractivity contribution in [1.29, 1.82) is 5.26 Å². The van der Waals surface area contributed by atoms with E-state index in [-0.39, 0.29) is 17.4 Å². The summed E-state index contributed by atoms with van der Waals surface area (Å²) in [6.07, 6.45) is 2.16. The lowest BCUT2D eigenvalue weighted by Crippen LogP contribution is -2.27. The molecule has 2 aromatic carbocycles. The van der Waals surface area contributed by atoms with Crippen molar-refractivity contribution in [2.45, 2.75) is 6.42 Å². The number of pyridine rings is 1. The summed E-state index contributed by atoms with van der Waals surface area (Å²) in [6.45, 7) is 0.974. The van der Waals surface area contributed by atoms with Crippen LogP contribution in [0.1, 0.15) is 12.0 Å². The van der Waals surface area contributed by atoms with Crippen LogP contribution in [0, 0.1) is 23.1 Å². The van der Waals surface area contributed by atoms with Crippen LogP contribution in [0.5, 0.6) is 11.5 Å². The number of amides is 1. The molecule has 4 rings (SSSR count). The van der Waals surface area contributed by atoms with E-state index in [9.17, 15) is 9.18 Å². The zero-order chi connectivity index (χ0) is 20.9. The fourth-order valence-corrected chi connectivity index (χ4v) is 3.39. The SMILES string of the molecule is N#Cc1ccc(N2CCC(C(=O)Nc3ccc(Oc4ccccc4)cn3)C2)c(F)c1. The monoisotopic (exact) mass is 402 g/mol. The van der Waals surface area contributed by atoms with Gasteiger partial charge in [0.15, 0.2) is 0 Å². The summed E-state index contributed by atoms with van der Waals surface area (Å²) in [5.74, 6) is 0.826. The number of para-hydroxylation sites is 1. The second-order valence-electron chi connectivity index (χ2n) is 6.99. The van der Waals surface area contributed by atoms with Gasteiger partial charge in [-0.25, -0.2) is 9.37 Å². The van der Waals surface area contributed by atoms with Crippen molar-refractivity contribution in [1.82, 2.24) is 4.98 Å². The highest BCUT2D eigenvalue weighted by Gasteiger charge is 2.30. The van der Waals surface area contributed by atoms with Gasteiger partial charge in [0.05, 0.1) is 29.4 Å². The molecule has 0 aliphatic carbocycles. The van der Waals surface area contributed by atoms with Crippen molar-refractivity contribution < 1.29 is 13.9 Å². The van der Waals surface area contributed by atoms with Crippen LogP contribution in [-0.4, -0.2) is 24.0 Å². The smallest absolute Gasteiger partial charge is 0.230 e. The maximum atomic E-state index is 14.2. The number of hydrogen-bond donors (Lipinski definition) is 1. The molecule has 0 saturated carbocycles. The number of rotatable bonds is 5. The highest BCUT2D eigenvalue weighted by molar-refractivity contribution is 5.92. The van der Waals surface area contributed by atoms with Crippen LogP contribution in [0.2, 0.25) is 0 Å². The summed E-state index contributed by atoms with van der Waals surface area (Å²) >= 11 is 0. The first-order chi connectivity index (χ1) is 14.6. The molecule has 1 saturated heterocycles. The number of benzene rings is 2. The minimum absolute atomic E-state index is 0.157. The second-order valence-corrected chi connectivity index (χ2v) is 6.99. The highest BCUT2D eigenvalue weighted by Crippen LogP contribution is 2.28. The average Bonchev–Trinajstić information content (AvgIpc) is 3.26. The summed E-state index contributed by atoms with van der Waals surface area (Å²) in [5, 5.41) is 11.7. The number of halogens is 1. The molecule has 2 heterocycles. The van der Waals surface area contributed by atoms with Crippen molar-refractivity contribution in [3.05, 3.63) is 78.2 Å². The van der Waals surface area contributed by atoms with Gasteiger partial charge in [-0.3, -0.25) is 4.79 Å². The van der Waals surface area contributed by atoms with Crippen LogP contribution in [0.4, 0.5) is 15.9 Å². The Morgan fingerprint density at radius 1 is 1.17 bits per heavy atom. The Morgan fingerprint density at radius 3 is 2.70 bits per heavy atom. The molecular weight excluding hydrogens is 383 g/mol. The minimum atomic E-state index is -0.453. The van der Waals surface area contributed by atoms with E-state index in [1.54, 1.807) is 30.5 Å². The topological polar surface area (TPSA) is 78.2 Å². The first-order valence-corrected chi connectivity index (χ1v) is 9.57. The van der Waals surface area contributed by atoms with E-state index in [1.807, 2.05) is 41.3 Å². The van der Waals surface area contributed by atoms with E-state index in [0.717, 1.165) is 0 Å². The molecule has 1 N–H and O–H groups in total.